The van der Waals surface area contributed by atoms with Crippen LogP contribution in [-0.4, -0.2) is 40.8 Å². The molecule has 0 spiro atoms. The number of aryl methyl sites for hydroxylation is 1. The molecule has 2 atom stereocenters. The van der Waals surface area contributed by atoms with Gasteiger partial charge < -0.3 is 14.2 Å². The summed E-state index contributed by atoms with van der Waals surface area (Å²) < 4.78 is 8.22. The van der Waals surface area contributed by atoms with Crippen molar-refractivity contribution in [3.63, 3.8) is 0 Å². The molecule has 0 aliphatic carbocycles. The Morgan fingerprint density at radius 1 is 1.03 bits per heavy atom. The number of aromatic nitrogens is 3. The lowest BCUT2D eigenvalue weighted by Gasteiger charge is -2.23. The molecule has 0 radical (unpaired) electrons. The Balaban J connectivity index is 1.41. The second-order valence-electron chi connectivity index (χ2n) is 8.28. The molecular formula is C24H28N4O. The maximum Gasteiger partial charge on any atom is 0.140 e. The van der Waals surface area contributed by atoms with Gasteiger partial charge in [0.15, 0.2) is 0 Å². The van der Waals surface area contributed by atoms with Gasteiger partial charge in [-0.2, -0.15) is 0 Å². The molecule has 1 aromatic carbocycles. The van der Waals surface area contributed by atoms with E-state index in [4.69, 9.17) is 9.72 Å². The number of pyridine rings is 1. The highest BCUT2D eigenvalue weighted by molar-refractivity contribution is 5.65. The van der Waals surface area contributed by atoms with E-state index in [-0.39, 0.29) is 0 Å². The number of benzene rings is 1. The SMILES string of the molecule is Cc1cc(-c2nccn2[C@@H]2COC[C@H]2Cc2ccncc2)ccc1N1CCCC1. The Labute approximate surface area is 172 Å². The van der Waals surface area contributed by atoms with Crippen LogP contribution in [0.15, 0.2) is 55.1 Å². The summed E-state index contributed by atoms with van der Waals surface area (Å²) in [6.45, 7) is 6.09. The van der Waals surface area contributed by atoms with Gasteiger partial charge in [-0.3, -0.25) is 4.98 Å². The van der Waals surface area contributed by atoms with Crippen molar-refractivity contribution in [3.8, 4) is 11.4 Å². The van der Waals surface area contributed by atoms with Gasteiger partial charge in [0.25, 0.3) is 0 Å². The second-order valence-corrected chi connectivity index (χ2v) is 8.28. The Morgan fingerprint density at radius 2 is 1.86 bits per heavy atom. The van der Waals surface area contributed by atoms with Crippen LogP contribution in [0.3, 0.4) is 0 Å². The monoisotopic (exact) mass is 388 g/mol. The zero-order chi connectivity index (χ0) is 19.6. The predicted octanol–water partition coefficient (Wildman–Crippen LogP) is 4.28. The van der Waals surface area contributed by atoms with Crippen LogP contribution in [0.2, 0.25) is 0 Å². The van der Waals surface area contributed by atoms with E-state index in [0.717, 1.165) is 25.5 Å². The molecule has 0 N–H and O–H groups in total. The fourth-order valence-electron chi connectivity index (χ4n) is 4.82. The number of imidazole rings is 1. The third-order valence-electron chi connectivity index (χ3n) is 6.34. The van der Waals surface area contributed by atoms with Gasteiger partial charge in [0, 0.05) is 55.0 Å². The minimum absolute atomic E-state index is 0.305. The van der Waals surface area contributed by atoms with Gasteiger partial charge in [-0.25, -0.2) is 4.98 Å². The smallest absolute Gasteiger partial charge is 0.140 e. The molecule has 2 aliphatic heterocycles. The van der Waals surface area contributed by atoms with Gasteiger partial charge in [-0.05, 0) is 67.6 Å². The number of nitrogens with zero attached hydrogens (tertiary/aromatic N) is 4. The molecule has 2 saturated heterocycles. The summed E-state index contributed by atoms with van der Waals surface area (Å²) in [6, 6.07) is 11.3. The Kier molecular flexibility index (Phi) is 5.06. The van der Waals surface area contributed by atoms with Crippen molar-refractivity contribution in [1.82, 2.24) is 14.5 Å². The van der Waals surface area contributed by atoms with E-state index in [1.807, 2.05) is 18.6 Å². The molecule has 0 unspecified atom stereocenters. The Bertz CT molecular complexity index is 962. The Hall–Kier alpha value is -2.66. The summed E-state index contributed by atoms with van der Waals surface area (Å²) >= 11 is 0. The van der Waals surface area contributed by atoms with Gasteiger partial charge in [0.05, 0.1) is 19.3 Å². The van der Waals surface area contributed by atoms with E-state index >= 15 is 0 Å². The standard InChI is InChI=1S/C24H28N4O/c1-18-14-20(4-5-22(18)27-11-2-3-12-27)24-26-10-13-28(24)23-17-29-16-21(23)15-19-6-8-25-9-7-19/h4-10,13-14,21,23H,2-3,11-12,15-17H2,1H3/t21-,23-/m1/s1. The highest BCUT2D eigenvalue weighted by atomic mass is 16.5. The first-order chi connectivity index (χ1) is 14.3. The maximum atomic E-state index is 5.90. The van der Waals surface area contributed by atoms with E-state index in [1.165, 1.54) is 48.3 Å². The summed E-state index contributed by atoms with van der Waals surface area (Å²) in [6.07, 6.45) is 11.4. The molecule has 150 valence electrons. The molecule has 3 aromatic rings. The molecule has 2 fully saturated rings. The largest absolute Gasteiger partial charge is 0.379 e. The van der Waals surface area contributed by atoms with Gasteiger partial charge in [0.2, 0.25) is 0 Å². The zero-order valence-electron chi connectivity index (χ0n) is 17.0. The highest BCUT2D eigenvalue weighted by Gasteiger charge is 2.31. The van der Waals surface area contributed by atoms with Crippen LogP contribution >= 0.6 is 0 Å². The van der Waals surface area contributed by atoms with Crippen LogP contribution in [-0.2, 0) is 11.2 Å². The van der Waals surface area contributed by atoms with Gasteiger partial charge in [-0.1, -0.05) is 0 Å². The van der Waals surface area contributed by atoms with Gasteiger partial charge in [-0.15, -0.1) is 0 Å². The summed E-state index contributed by atoms with van der Waals surface area (Å²) in [5.74, 6) is 1.48. The fourth-order valence-corrected chi connectivity index (χ4v) is 4.82. The first-order valence-electron chi connectivity index (χ1n) is 10.6. The van der Waals surface area contributed by atoms with Gasteiger partial charge in [0.1, 0.15) is 5.82 Å². The minimum atomic E-state index is 0.305. The summed E-state index contributed by atoms with van der Waals surface area (Å²) in [5.41, 5.74) is 5.19. The topological polar surface area (TPSA) is 43.2 Å². The average Bonchev–Trinajstić information content (AvgIpc) is 3.50. The fraction of sp³-hybridized carbons (Fsp3) is 0.417. The van der Waals surface area contributed by atoms with Gasteiger partial charge >= 0.3 is 0 Å². The highest BCUT2D eigenvalue weighted by Crippen LogP contribution is 2.34. The number of hydrogen-bond acceptors (Lipinski definition) is 4. The van der Waals surface area contributed by atoms with Crippen LogP contribution in [0.5, 0.6) is 0 Å². The van der Waals surface area contributed by atoms with Crippen LogP contribution < -0.4 is 4.90 Å². The van der Waals surface area contributed by atoms with Crippen molar-refractivity contribution >= 4 is 5.69 Å². The maximum absolute atomic E-state index is 5.90. The number of ether oxygens (including phenoxy) is 1. The van der Waals surface area contributed by atoms with Crippen molar-refractivity contribution in [2.24, 2.45) is 5.92 Å². The second kappa shape index (κ2) is 7.99. The lowest BCUT2D eigenvalue weighted by molar-refractivity contribution is 0.181. The van der Waals surface area contributed by atoms with E-state index in [9.17, 15) is 0 Å². The molecule has 0 amide bonds. The molecule has 5 nitrogen and oxygen atoms in total. The Morgan fingerprint density at radius 3 is 2.66 bits per heavy atom. The van der Waals surface area contributed by atoms with E-state index in [1.54, 1.807) is 0 Å². The summed E-state index contributed by atoms with van der Waals surface area (Å²) in [4.78, 5) is 11.4. The molecular weight excluding hydrogens is 360 g/mol. The third kappa shape index (κ3) is 3.67. The molecule has 0 bridgehead atoms. The summed E-state index contributed by atoms with van der Waals surface area (Å²) in [7, 11) is 0. The third-order valence-corrected chi connectivity index (χ3v) is 6.34. The van der Waals surface area contributed by atoms with Crippen molar-refractivity contribution in [3.05, 3.63) is 66.2 Å². The van der Waals surface area contributed by atoms with Crippen LogP contribution in [0.4, 0.5) is 5.69 Å². The molecule has 5 heteroatoms. The summed E-state index contributed by atoms with van der Waals surface area (Å²) in [5, 5.41) is 0. The van der Waals surface area contributed by atoms with Crippen LogP contribution in [0, 0.1) is 12.8 Å². The average molecular weight is 389 g/mol. The van der Waals surface area contributed by atoms with Crippen molar-refractivity contribution < 1.29 is 4.74 Å². The van der Waals surface area contributed by atoms with E-state index < -0.39 is 0 Å². The van der Waals surface area contributed by atoms with Crippen molar-refractivity contribution in [2.45, 2.75) is 32.2 Å². The number of hydrogen-bond donors (Lipinski definition) is 0. The zero-order valence-corrected chi connectivity index (χ0v) is 17.0. The van der Waals surface area contributed by atoms with Crippen LogP contribution in [0.25, 0.3) is 11.4 Å². The van der Waals surface area contributed by atoms with E-state index in [2.05, 4.69) is 57.9 Å². The first-order valence-corrected chi connectivity index (χ1v) is 10.6. The van der Waals surface area contributed by atoms with Crippen LogP contribution in [0.1, 0.15) is 30.0 Å². The lowest BCUT2D eigenvalue weighted by Crippen LogP contribution is -2.20. The minimum Gasteiger partial charge on any atom is -0.379 e. The number of anilines is 1. The van der Waals surface area contributed by atoms with Crippen molar-refractivity contribution in [2.75, 3.05) is 31.2 Å². The molecule has 2 aromatic heterocycles. The molecule has 0 saturated carbocycles. The van der Waals surface area contributed by atoms with E-state index in [0.29, 0.717) is 12.0 Å². The normalized spacial score (nSPS) is 21.8. The molecule has 5 rings (SSSR count). The van der Waals surface area contributed by atoms with Crippen molar-refractivity contribution in [1.29, 1.82) is 0 Å². The first kappa shape index (κ1) is 18.4. The molecule has 2 aliphatic rings. The lowest BCUT2D eigenvalue weighted by atomic mass is 9.95. The quantitative estimate of drug-likeness (QED) is 0.654. The molecule has 29 heavy (non-hydrogen) atoms. The number of rotatable bonds is 5. The predicted molar refractivity (Wildman–Crippen MR) is 115 cm³/mol. The molecule has 4 heterocycles.